The molecule has 3 rings (SSSR count). The number of hydrogen-bond donors (Lipinski definition) is 2. The van der Waals surface area contributed by atoms with Gasteiger partial charge in [-0.1, -0.05) is 30.3 Å². The Bertz CT molecular complexity index is 802. The van der Waals surface area contributed by atoms with Gasteiger partial charge in [-0.05, 0) is 12.1 Å². The van der Waals surface area contributed by atoms with Gasteiger partial charge < -0.3 is 15.0 Å². The smallest absolute Gasteiger partial charge is 0.338 e. The molecule has 27 heavy (non-hydrogen) atoms. The number of rotatable bonds is 6. The number of esters is 1. The normalized spacial score (nSPS) is 19.3. The number of nitro groups is 1. The highest BCUT2D eigenvalue weighted by atomic mass is 16.6. The Morgan fingerprint density at radius 2 is 1.93 bits per heavy atom. The fraction of sp³-hybridized carbons (Fsp3) is 0.350. The molecule has 142 valence electrons. The van der Waals surface area contributed by atoms with Crippen molar-refractivity contribution in [2.24, 2.45) is 0 Å². The number of hydrogen-bond acceptors (Lipinski definition) is 5. The molecule has 7 nitrogen and oxygen atoms in total. The lowest BCUT2D eigenvalue weighted by Gasteiger charge is -2.30. The molecule has 0 unspecified atom stereocenters. The predicted octanol–water partition coefficient (Wildman–Crippen LogP) is 2.04. The molecule has 0 saturated carbocycles. The molecule has 2 aromatic rings. The number of carbonyl (C=O) groups is 1. The van der Waals surface area contributed by atoms with Crippen molar-refractivity contribution in [3.8, 4) is 0 Å². The Kier molecular flexibility index (Phi) is 6.03. The van der Waals surface area contributed by atoms with Gasteiger partial charge in [-0.2, -0.15) is 0 Å². The Morgan fingerprint density at radius 3 is 2.56 bits per heavy atom. The molecule has 2 N–H and O–H groups in total. The van der Waals surface area contributed by atoms with E-state index in [0.717, 1.165) is 32.5 Å². The monoisotopic (exact) mass is 370 g/mol. The molecule has 0 aromatic heterocycles. The highest BCUT2D eigenvalue weighted by molar-refractivity contribution is 5.91. The van der Waals surface area contributed by atoms with Crippen molar-refractivity contribution in [1.29, 1.82) is 0 Å². The van der Waals surface area contributed by atoms with Crippen molar-refractivity contribution in [3.63, 3.8) is 0 Å². The number of nitrogens with one attached hydrogen (secondary N) is 2. The van der Waals surface area contributed by atoms with Crippen LogP contribution in [0, 0.1) is 10.1 Å². The lowest BCUT2D eigenvalue weighted by Crippen LogP contribution is -3.12. The minimum atomic E-state index is -0.581. The first-order valence-electron chi connectivity index (χ1n) is 9.07. The third-order valence-corrected chi connectivity index (χ3v) is 4.96. The van der Waals surface area contributed by atoms with E-state index in [1.807, 2.05) is 6.07 Å². The van der Waals surface area contributed by atoms with Crippen LogP contribution in [0.15, 0.2) is 48.5 Å². The van der Waals surface area contributed by atoms with Gasteiger partial charge in [-0.3, -0.25) is 10.1 Å². The highest BCUT2D eigenvalue weighted by Crippen LogP contribution is 2.27. The van der Waals surface area contributed by atoms with E-state index in [4.69, 9.17) is 0 Å². The molecule has 1 aliphatic heterocycles. The second kappa shape index (κ2) is 8.64. The van der Waals surface area contributed by atoms with Gasteiger partial charge in [0.2, 0.25) is 0 Å². The lowest BCUT2D eigenvalue weighted by atomic mass is 10.0. The third kappa shape index (κ3) is 4.83. The molecular weight excluding hydrogens is 346 g/mol. The lowest BCUT2D eigenvalue weighted by molar-refractivity contribution is -0.918. The van der Waals surface area contributed by atoms with Crippen LogP contribution in [0.4, 0.5) is 11.4 Å². The zero-order valence-corrected chi connectivity index (χ0v) is 15.3. The van der Waals surface area contributed by atoms with E-state index in [1.54, 1.807) is 12.1 Å². The molecule has 0 spiro atoms. The summed E-state index contributed by atoms with van der Waals surface area (Å²) in [5.41, 5.74) is 1.85. The van der Waals surface area contributed by atoms with Crippen LogP contribution in [0.3, 0.4) is 0 Å². The summed E-state index contributed by atoms with van der Waals surface area (Å²) >= 11 is 0. The van der Waals surface area contributed by atoms with Crippen LogP contribution >= 0.6 is 0 Å². The summed E-state index contributed by atoms with van der Waals surface area (Å²) in [5.74, 6) is -0.581. The summed E-state index contributed by atoms with van der Waals surface area (Å²) < 4.78 is 4.64. The summed E-state index contributed by atoms with van der Waals surface area (Å²) in [4.78, 5) is 24.1. The Morgan fingerprint density at radius 1 is 1.22 bits per heavy atom. The molecule has 0 amide bonds. The number of anilines is 1. The van der Waals surface area contributed by atoms with Crippen LogP contribution in [0.25, 0.3) is 0 Å². The summed E-state index contributed by atoms with van der Waals surface area (Å²) in [6.45, 7) is 3.03. The van der Waals surface area contributed by atoms with E-state index in [-0.39, 0.29) is 17.3 Å². The van der Waals surface area contributed by atoms with Crippen molar-refractivity contribution in [3.05, 3.63) is 69.8 Å². The van der Waals surface area contributed by atoms with Crippen molar-refractivity contribution in [2.75, 3.05) is 25.5 Å². The SMILES string of the molecule is COC(=O)c1ccc(NC2CC[NH+](Cc3ccccc3)CC2)c([N+](=O)[O-])c1. The largest absolute Gasteiger partial charge is 0.465 e. The Balaban J connectivity index is 1.61. The van der Waals surface area contributed by atoms with Gasteiger partial charge in [0.05, 0.1) is 30.7 Å². The number of nitrogens with zero attached hydrogens (tertiary/aromatic N) is 1. The average Bonchev–Trinajstić information content (AvgIpc) is 2.70. The Labute approximate surface area is 158 Å². The van der Waals surface area contributed by atoms with Gasteiger partial charge in [0, 0.05) is 30.5 Å². The minimum absolute atomic E-state index is 0.100. The van der Waals surface area contributed by atoms with Crippen LogP contribution in [0.2, 0.25) is 0 Å². The van der Waals surface area contributed by atoms with E-state index in [0.29, 0.717) is 5.69 Å². The molecule has 0 atom stereocenters. The standard InChI is InChI=1S/C20H23N3O4/c1-27-20(24)16-7-8-18(19(13-16)23(25)26)21-17-9-11-22(12-10-17)14-15-5-3-2-4-6-15/h2-8,13,17,21H,9-12,14H2,1H3/p+1. The van der Waals surface area contributed by atoms with E-state index in [1.165, 1.54) is 23.6 Å². The first-order valence-corrected chi connectivity index (χ1v) is 9.07. The molecule has 0 bridgehead atoms. The maximum atomic E-state index is 11.6. The number of nitro benzene ring substituents is 1. The van der Waals surface area contributed by atoms with Gasteiger partial charge >= 0.3 is 5.97 Å². The molecule has 7 heteroatoms. The molecule has 1 heterocycles. The number of quaternary nitrogens is 1. The first-order chi connectivity index (χ1) is 13.1. The van der Waals surface area contributed by atoms with Crippen LogP contribution < -0.4 is 10.2 Å². The van der Waals surface area contributed by atoms with Crippen molar-refractivity contribution in [2.45, 2.75) is 25.4 Å². The number of piperidine rings is 1. The fourth-order valence-corrected chi connectivity index (χ4v) is 3.50. The highest BCUT2D eigenvalue weighted by Gasteiger charge is 2.25. The number of likely N-dealkylation sites (tertiary alicyclic amines) is 1. The maximum Gasteiger partial charge on any atom is 0.338 e. The number of methoxy groups -OCH3 is 1. The third-order valence-electron chi connectivity index (χ3n) is 4.96. The molecular formula is C20H24N3O4+. The average molecular weight is 370 g/mol. The van der Waals surface area contributed by atoms with Gasteiger partial charge in [0.1, 0.15) is 12.2 Å². The van der Waals surface area contributed by atoms with Crippen molar-refractivity contribution < 1.29 is 19.4 Å². The first kappa shape index (κ1) is 18.8. The topological polar surface area (TPSA) is 85.9 Å². The van der Waals surface area contributed by atoms with Crippen LogP contribution in [0.5, 0.6) is 0 Å². The molecule has 0 radical (unpaired) electrons. The van der Waals surface area contributed by atoms with Gasteiger partial charge in [0.15, 0.2) is 0 Å². The number of benzene rings is 2. The van der Waals surface area contributed by atoms with E-state index in [9.17, 15) is 14.9 Å². The minimum Gasteiger partial charge on any atom is -0.465 e. The van der Waals surface area contributed by atoms with E-state index >= 15 is 0 Å². The second-order valence-electron chi connectivity index (χ2n) is 6.81. The van der Waals surface area contributed by atoms with E-state index in [2.05, 4.69) is 34.3 Å². The van der Waals surface area contributed by atoms with Crippen LogP contribution in [-0.2, 0) is 11.3 Å². The Hall–Kier alpha value is -2.93. The predicted molar refractivity (Wildman–Crippen MR) is 102 cm³/mol. The van der Waals surface area contributed by atoms with Gasteiger partial charge in [-0.25, -0.2) is 4.79 Å². The fourth-order valence-electron chi connectivity index (χ4n) is 3.50. The summed E-state index contributed by atoms with van der Waals surface area (Å²) in [7, 11) is 1.26. The number of ether oxygens (including phenoxy) is 1. The molecule has 2 aromatic carbocycles. The quantitative estimate of drug-likeness (QED) is 0.462. The van der Waals surface area contributed by atoms with Crippen molar-refractivity contribution in [1.82, 2.24) is 0 Å². The zero-order valence-electron chi connectivity index (χ0n) is 15.3. The molecule has 1 saturated heterocycles. The van der Waals surface area contributed by atoms with Crippen LogP contribution in [-0.4, -0.2) is 37.1 Å². The van der Waals surface area contributed by atoms with Crippen LogP contribution in [0.1, 0.15) is 28.8 Å². The maximum absolute atomic E-state index is 11.6. The molecule has 0 aliphatic carbocycles. The summed E-state index contributed by atoms with van der Waals surface area (Å²) in [5, 5.41) is 14.7. The second-order valence-corrected chi connectivity index (χ2v) is 6.81. The summed E-state index contributed by atoms with van der Waals surface area (Å²) in [6.07, 6.45) is 1.89. The zero-order chi connectivity index (χ0) is 19.2. The summed E-state index contributed by atoms with van der Waals surface area (Å²) in [6, 6.07) is 15.0. The van der Waals surface area contributed by atoms with Crippen molar-refractivity contribution >= 4 is 17.3 Å². The van der Waals surface area contributed by atoms with Gasteiger partial charge in [-0.15, -0.1) is 0 Å². The van der Waals surface area contributed by atoms with Gasteiger partial charge in [0.25, 0.3) is 5.69 Å². The van der Waals surface area contributed by atoms with E-state index < -0.39 is 10.9 Å². The number of carbonyl (C=O) groups excluding carboxylic acids is 1. The molecule has 1 fully saturated rings. The molecule has 1 aliphatic rings.